The molecule has 3 rings (SSSR count). The minimum atomic E-state index is 0.604. The summed E-state index contributed by atoms with van der Waals surface area (Å²) in [7, 11) is 0. The van der Waals surface area contributed by atoms with Gasteiger partial charge in [-0.25, -0.2) is 0 Å². The summed E-state index contributed by atoms with van der Waals surface area (Å²) in [4.78, 5) is 0. The zero-order valence-electron chi connectivity index (χ0n) is 12.2. The minimum absolute atomic E-state index is 0.604. The Labute approximate surface area is 130 Å². The van der Waals surface area contributed by atoms with Crippen LogP contribution in [0.3, 0.4) is 0 Å². The van der Waals surface area contributed by atoms with Crippen LogP contribution in [0, 0.1) is 0 Å². The quantitative estimate of drug-likeness (QED) is 0.552. The molecular formula is C20H18N2. The Bertz CT molecular complexity index is 790. The van der Waals surface area contributed by atoms with Gasteiger partial charge in [0, 0.05) is 5.56 Å². The zero-order chi connectivity index (χ0) is 15.4. The lowest BCUT2D eigenvalue weighted by atomic mass is 9.94. The van der Waals surface area contributed by atoms with E-state index in [1.807, 2.05) is 54.6 Å². The monoisotopic (exact) mass is 286 g/mol. The van der Waals surface area contributed by atoms with Gasteiger partial charge in [0.05, 0.1) is 11.4 Å². The first-order valence-electron chi connectivity index (χ1n) is 7.22. The number of nitrogen functional groups attached to an aromatic ring is 2. The molecule has 4 N–H and O–H groups in total. The van der Waals surface area contributed by atoms with Crippen molar-refractivity contribution < 1.29 is 0 Å². The highest BCUT2D eigenvalue weighted by Gasteiger charge is 2.10. The lowest BCUT2D eigenvalue weighted by Crippen LogP contribution is -2.00. The molecule has 0 spiro atoms. The summed E-state index contributed by atoms with van der Waals surface area (Å²) in [5, 5.41) is 0. The summed E-state index contributed by atoms with van der Waals surface area (Å²) in [6.07, 6.45) is 2.14. The van der Waals surface area contributed by atoms with E-state index in [1.54, 1.807) is 0 Å². The van der Waals surface area contributed by atoms with Gasteiger partial charge in [0.1, 0.15) is 0 Å². The first kappa shape index (κ1) is 14.0. The molecule has 0 atom stereocenters. The Morgan fingerprint density at radius 3 is 2.00 bits per heavy atom. The van der Waals surface area contributed by atoms with Crippen molar-refractivity contribution in [2.45, 2.75) is 0 Å². The number of anilines is 2. The molecule has 0 aliphatic heterocycles. The minimum Gasteiger partial charge on any atom is -0.397 e. The second kappa shape index (κ2) is 6.19. The zero-order valence-corrected chi connectivity index (χ0v) is 12.2. The van der Waals surface area contributed by atoms with E-state index in [0.717, 1.165) is 22.3 Å². The van der Waals surface area contributed by atoms with E-state index in [2.05, 4.69) is 30.3 Å². The third kappa shape index (κ3) is 2.86. The van der Waals surface area contributed by atoms with Crippen LogP contribution in [0.15, 0.2) is 78.9 Å². The molecule has 22 heavy (non-hydrogen) atoms. The van der Waals surface area contributed by atoms with Crippen molar-refractivity contribution in [1.29, 1.82) is 0 Å². The number of nitrogens with two attached hydrogens (primary N) is 2. The van der Waals surface area contributed by atoms with Crippen molar-refractivity contribution in [1.82, 2.24) is 0 Å². The van der Waals surface area contributed by atoms with E-state index in [9.17, 15) is 0 Å². The predicted molar refractivity (Wildman–Crippen MR) is 95.1 cm³/mol. The second-order valence-electron chi connectivity index (χ2n) is 5.14. The van der Waals surface area contributed by atoms with Crippen LogP contribution >= 0.6 is 0 Å². The molecule has 0 amide bonds. The average Bonchev–Trinajstić information content (AvgIpc) is 2.57. The van der Waals surface area contributed by atoms with Crippen molar-refractivity contribution in [3.63, 3.8) is 0 Å². The van der Waals surface area contributed by atoms with Crippen LogP contribution in [-0.4, -0.2) is 0 Å². The smallest absolute Gasteiger partial charge is 0.0627 e. The molecule has 0 aliphatic carbocycles. The maximum absolute atomic E-state index is 6.21. The molecular weight excluding hydrogens is 268 g/mol. The van der Waals surface area contributed by atoms with E-state index in [0.29, 0.717) is 11.4 Å². The highest BCUT2D eigenvalue weighted by molar-refractivity contribution is 5.97. The Morgan fingerprint density at radius 2 is 1.32 bits per heavy atom. The van der Waals surface area contributed by atoms with Crippen molar-refractivity contribution >= 4 is 23.0 Å². The van der Waals surface area contributed by atoms with E-state index < -0.39 is 0 Å². The SMILES string of the molecule is Nc1cccc(C(=Cc2ccccc2)c2ccccc2)c1N. The van der Waals surface area contributed by atoms with Crippen LogP contribution in [-0.2, 0) is 0 Å². The largest absolute Gasteiger partial charge is 0.397 e. The van der Waals surface area contributed by atoms with Gasteiger partial charge in [0.15, 0.2) is 0 Å². The first-order valence-corrected chi connectivity index (χ1v) is 7.22. The second-order valence-corrected chi connectivity index (χ2v) is 5.14. The fourth-order valence-electron chi connectivity index (χ4n) is 2.47. The Kier molecular flexibility index (Phi) is 3.92. The number of para-hydroxylation sites is 1. The molecule has 0 bridgehead atoms. The van der Waals surface area contributed by atoms with Crippen molar-refractivity contribution in [2.75, 3.05) is 11.5 Å². The van der Waals surface area contributed by atoms with Gasteiger partial charge in [0.2, 0.25) is 0 Å². The summed E-state index contributed by atoms with van der Waals surface area (Å²) < 4.78 is 0. The summed E-state index contributed by atoms with van der Waals surface area (Å²) in [5.41, 5.74) is 17.7. The van der Waals surface area contributed by atoms with E-state index >= 15 is 0 Å². The Morgan fingerprint density at radius 1 is 0.682 bits per heavy atom. The maximum atomic E-state index is 6.21. The molecule has 3 aromatic carbocycles. The summed E-state index contributed by atoms with van der Waals surface area (Å²) in [5.74, 6) is 0. The summed E-state index contributed by atoms with van der Waals surface area (Å²) >= 11 is 0. The molecule has 0 saturated carbocycles. The molecule has 0 saturated heterocycles. The van der Waals surface area contributed by atoms with Crippen LogP contribution in [0.4, 0.5) is 11.4 Å². The molecule has 0 aromatic heterocycles. The predicted octanol–water partition coefficient (Wildman–Crippen LogP) is 4.44. The van der Waals surface area contributed by atoms with E-state index in [1.165, 1.54) is 0 Å². The van der Waals surface area contributed by atoms with Crippen molar-refractivity contribution in [3.8, 4) is 0 Å². The third-order valence-corrected chi connectivity index (χ3v) is 3.63. The van der Waals surface area contributed by atoms with Gasteiger partial charge in [-0.1, -0.05) is 72.8 Å². The van der Waals surface area contributed by atoms with Gasteiger partial charge in [-0.2, -0.15) is 0 Å². The molecule has 3 aromatic rings. The summed E-state index contributed by atoms with van der Waals surface area (Å²) in [6.45, 7) is 0. The first-order chi connectivity index (χ1) is 10.8. The molecule has 0 aliphatic rings. The molecule has 2 nitrogen and oxygen atoms in total. The highest BCUT2D eigenvalue weighted by atomic mass is 14.7. The van der Waals surface area contributed by atoms with Crippen molar-refractivity contribution in [2.24, 2.45) is 0 Å². The van der Waals surface area contributed by atoms with Crippen LogP contribution in [0.5, 0.6) is 0 Å². The molecule has 108 valence electrons. The Balaban J connectivity index is 2.20. The third-order valence-electron chi connectivity index (χ3n) is 3.63. The van der Waals surface area contributed by atoms with Gasteiger partial charge in [0.25, 0.3) is 0 Å². The van der Waals surface area contributed by atoms with E-state index in [-0.39, 0.29) is 0 Å². The highest BCUT2D eigenvalue weighted by Crippen LogP contribution is 2.32. The average molecular weight is 286 g/mol. The Hall–Kier alpha value is -3.00. The van der Waals surface area contributed by atoms with Crippen LogP contribution in [0.1, 0.15) is 16.7 Å². The van der Waals surface area contributed by atoms with Crippen LogP contribution in [0.25, 0.3) is 11.6 Å². The van der Waals surface area contributed by atoms with Gasteiger partial charge in [-0.15, -0.1) is 0 Å². The van der Waals surface area contributed by atoms with Gasteiger partial charge < -0.3 is 11.5 Å². The summed E-state index contributed by atoms with van der Waals surface area (Å²) in [6, 6.07) is 26.2. The van der Waals surface area contributed by atoms with Gasteiger partial charge in [-0.05, 0) is 28.8 Å². The van der Waals surface area contributed by atoms with Crippen LogP contribution < -0.4 is 11.5 Å². The topological polar surface area (TPSA) is 52.0 Å². The molecule has 2 heteroatoms. The fraction of sp³-hybridized carbons (Fsp3) is 0. The van der Waals surface area contributed by atoms with Crippen molar-refractivity contribution in [3.05, 3.63) is 95.6 Å². The fourth-order valence-corrected chi connectivity index (χ4v) is 2.47. The number of hydrogen-bond acceptors (Lipinski definition) is 2. The van der Waals surface area contributed by atoms with E-state index in [4.69, 9.17) is 11.5 Å². The molecule has 0 heterocycles. The lowest BCUT2D eigenvalue weighted by molar-refractivity contribution is 1.54. The number of hydrogen-bond donors (Lipinski definition) is 2. The molecule has 0 fully saturated rings. The standard InChI is InChI=1S/C20H18N2/c21-19-13-7-12-17(20(19)22)18(16-10-5-2-6-11-16)14-15-8-3-1-4-9-15/h1-14H,21-22H2. The lowest BCUT2D eigenvalue weighted by Gasteiger charge is -2.13. The normalized spacial score (nSPS) is 11.4. The number of rotatable bonds is 3. The van der Waals surface area contributed by atoms with Gasteiger partial charge >= 0.3 is 0 Å². The van der Waals surface area contributed by atoms with Gasteiger partial charge in [-0.3, -0.25) is 0 Å². The molecule has 0 radical (unpaired) electrons. The number of benzene rings is 3. The maximum Gasteiger partial charge on any atom is 0.0627 e. The molecule has 0 unspecified atom stereocenters. The van der Waals surface area contributed by atoms with Crippen LogP contribution in [0.2, 0.25) is 0 Å².